The molecule has 41 heavy (non-hydrogen) atoms. The number of halogens is 1. The zero-order valence-corrected chi connectivity index (χ0v) is 22.4. The van der Waals surface area contributed by atoms with E-state index in [2.05, 4.69) is 9.97 Å². The molecule has 4 aromatic heterocycles. The molecule has 1 aliphatic heterocycles. The first-order chi connectivity index (χ1) is 20.0. The Bertz CT molecular complexity index is 2140. The van der Waals surface area contributed by atoms with Crippen LogP contribution in [0.1, 0.15) is 28.3 Å². The lowest BCUT2D eigenvalue weighted by atomic mass is 9.85. The number of phenolic OH excluding ortho intramolecular Hbond substituents is 1. The minimum Gasteiger partial charge on any atom is -0.507 e. The summed E-state index contributed by atoms with van der Waals surface area (Å²) in [7, 11) is 0. The van der Waals surface area contributed by atoms with Gasteiger partial charge in [-0.3, -0.25) is 4.98 Å². The lowest BCUT2D eigenvalue weighted by molar-refractivity contribution is 0.402. The van der Waals surface area contributed by atoms with Gasteiger partial charge in [0.15, 0.2) is 11.5 Å². The van der Waals surface area contributed by atoms with Crippen molar-refractivity contribution in [1.82, 2.24) is 34.3 Å². The Kier molecular flexibility index (Phi) is 5.10. The molecule has 3 aromatic carbocycles. The molecule has 0 radical (unpaired) electrons. The number of aromatic hydroxyl groups is 1. The van der Waals surface area contributed by atoms with Crippen molar-refractivity contribution >= 4 is 28.0 Å². The largest absolute Gasteiger partial charge is 0.507 e. The third-order valence-corrected chi connectivity index (χ3v) is 7.63. The van der Waals surface area contributed by atoms with Gasteiger partial charge in [-0.2, -0.15) is 5.10 Å². The summed E-state index contributed by atoms with van der Waals surface area (Å²) < 4.78 is 9.84. The minimum atomic E-state index is -0.339. The van der Waals surface area contributed by atoms with Crippen molar-refractivity contribution in [3.63, 3.8) is 0 Å². The summed E-state index contributed by atoms with van der Waals surface area (Å²) in [5.41, 5.74) is 5.19. The summed E-state index contributed by atoms with van der Waals surface area (Å²) >= 11 is 6.31. The number of ether oxygens (including phenoxy) is 1. The first-order valence-corrected chi connectivity index (χ1v) is 13.3. The van der Waals surface area contributed by atoms with Crippen LogP contribution in [0.5, 0.6) is 17.5 Å². The second-order valence-corrected chi connectivity index (χ2v) is 10.3. The van der Waals surface area contributed by atoms with Gasteiger partial charge in [0, 0.05) is 17.4 Å². The highest BCUT2D eigenvalue weighted by molar-refractivity contribution is 6.30. The summed E-state index contributed by atoms with van der Waals surface area (Å²) in [4.78, 5) is 14.0. The summed E-state index contributed by atoms with van der Waals surface area (Å²) in [5, 5.41) is 22.9. The van der Waals surface area contributed by atoms with Crippen LogP contribution in [0.15, 0.2) is 91.5 Å². The second-order valence-electron chi connectivity index (χ2n) is 9.90. The molecular formula is C31H20ClN7O2. The van der Waals surface area contributed by atoms with Gasteiger partial charge in [-0.1, -0.05) is 48.0 Å². The zero-order chi connectivity index (χ0) is 27.7. The van der Waals surface area contributed by atoms with Crippen LogP contribution in [0.4, 0.5) is 0 Å². The van der Waals surface area contributed by atoms with Crippen LogP contribution in [0, 0.1) is 6.92 Å². The number of aryl methyl sites for hydroxylation is 1. The fourth-order valence-corrected chi connectivity index (χ4v) is 5.75. The number of nitrogens with zero attached hydrogens (tertiary/aromatic N) is 7. The number of benzene rings is 3. The van der Waals surface area contributed by atoms with Gasteiger partial charge in [0.05, 0.1) is 34.0 Å². The lowest BCUT2D eigenvalue weighted by Crippen LogP contribution is -2.16. The number of rotatable bonds is 3. The van der Waals surface area contributed by atoms with E-state index in [1.165, 1.54) is 0 Å². The maximum absolute atomic E-state index is 10.9. The molecule has 0 saturated carbocycles. The number of aromatic nitrogens is 7. The van der Waals surface area contributed by atoms with E-state index < -0.39 is 0 Å². The average Bonchev–Trinajstić information content (AvgIpc) is 3.57. The Hall–Kier alpha value is -5.28. The van der Waals surface area contributed by atoms with E-state index in [0.717, 1.165) is 38.8 Å². The van der Waals surface area contributed by atoms with Gasteiger partial charge in [0.25, 0.3) is 0 Å². The normalized spacial score (nSPS) is 14.1. The smallest absolute Gasteiger partial charge is 0.230 e. The highest BCUT2D eigenvalue weighted by Gasteiger charge is 2.38. The van der Waals surface area contributed by atoms with E-state index in [9.17, 15) is 5.11 Å². The van der Waals surface area contributed by atoms with E-state index in [4.69, 9.17) is 31.5 Å². The molecular weight excluding hydrogens is 538 g/mol. The Morgan fingerprint density at radius 1 is 0.927 bits per heavy atom. The van der Waals surface area contributed by atoms with Gasteiger partial charge in [0.2, 0.25) is 11.8 Å². The maximum Gasteiger partial charge on any atom is 0.230 e. The standard InChI is InChI=1S/C31H20ClN7O2/c1-17-25-26(20-8-5-11-33-15-20)27-29-35-28(23-12-18-6-2-3-7-19(18)13-24(23)40)37-38(29)16-34-30(27)41-31(25)39(36-17)22-10-4-9-21(32)14-22/h2-16,26,40H,1H3. The fourth-order valence-electron chi connectivity index (χ4n) is 5.56. The quantitative estimate of drug-likeness (QED) is 0.265. The van der Waals surface area contributed by atoms with Crippen LogP contribution in [0.2, 0.25) is 5.02 Å². The van der Waals surface area contributed by atoms with E-state index in [1.54, 1.807) is 27.8 Å². The minimum absolute atomic E-state index is 0.0995. The molecule has 0 bridgehead atoms. The summed E-state index contributed by atoms with van der Waals surface area (Å²) in [5.74, 6) is 1.08. The molecule has 0 saturated heterocycles. The molecule has 1 aliphatic rings. The summed E-state index contributed by atoms with van der Waals surface area (Å²) in [6.07, 6.45) is 5.14. The molecule has 1 atom stereocenters. The predicted molar refractivity (Wildman–Crippen MR) is 154 cm³/mol. The van der Waals surface area contributed by atoms with Crippen molar-refractivity contribution in [1.29, 1.82) is 0 Å². The number of pyridine rings is 1. The van der Waals surface area contributed by atoms with E-state index in [-0.39, 0.29) is 11.7 Å². The third-order valence-electron chi connectivity index (χ3n) is 7.40. The van der Waals surface area contributed by atoms with Gasteiger partial charge in [-0.25, -0.2) is 19.2 Å². The third kappa shape index (κ3) is 3.66. The Labute approximate surface area is 238 Å². The van der Waals surface area contributed by atoms with E-state index in [0.29, 0.717) is 33.8 Å². The van der Waals surface area contributed by atoms with Crippen LogP contribution in [0.3, 0.4) is 0 Å². The molecule has 0 fully saturated rings. The first-order valence-electron chi connectivity index (χ1n) is 13.0. The van der Waals surface area contributed by atoms with Crippen LogP contribution in [0.25, 0.3) is 33.5 Å². The number of hydrogen-bond acceptors (Lipinski definition) is 7. The monoisotopic (exact) mass is 557 g/mol. The number of fused-ring (bicyclic) bond motifs is 5. The Morgan fingerprint density at radius 3 is 2.59 bits per heavy atom. The van der Waals surface area contributed by atoms with Crippen LogP contribution in [-0.4, -0.2) is 39.5 Å². The molecule has 10 heteroatoms. The van der Waals surface area contributed by atoms with Gasteiger partial charge >= 0.3 is 0 Å². The SMILES string of the molecule is Cc1nn(-c2cccc(Cl)c2)c2c1C(c1cccnc1)c1c(ncn3nc(-c4cc5ccccc5cc4O)nc13)O2. The molecule has 198 valence electrons. The first kappa shape index (κ1) is 23.6. The molecule has 5 heterocycles. The van der Waals surface area contributed by atoms with Crippen molar-refractivity contribution in [2.24, 2.45) is 0 Å². The maximum atomic E-state index is 10.9. The van der Waals surface area contributed by atoms with Crippen molar-refractivity contribution < 1.29 is 9.84 Å². The van der Waals surface area contributed by atoms with E-state index >= 15 is 0 Å². The Morgan fingerprint density at radius 2 is 1.78 bits per heavy atom. The zero-order valence-electron chi connectivity index (χ0n) is 21.6. The van der Waals surface area contributed by atoms with Crippen LogP contribution >= 0.6 is 11.6 Å². The molecule has 8 rings (SSSR count). The van der Waals surface area contributed by atoms with Crippen molar-refractivity contribution in [2.75, 3.05) is 0 Å². The fraction of sp³-hybridized carbons (Fsp3) is 0.0645. The summed E-state index contributed by atoms with van der Waals surface area (Å²) in [6.45, 7) is 1.95. The van der Waals surface area contributed by atoms with Crippen LogP contribution in [-0.2, 0) is 0 Å². The molecule has 0 aliphatic carbocycles. The molecule has 9 nitrogen and oxygen atoms in total. The van der Waals surface area contributed by atoms with Crippen molar-refractivity contribution in [3.8, 4) is 34.6 Å². The van der Waals surface area contributed by atoms with Crippen LogP contribution < -0.4 is 4.74 Å². The Balaban J connectivity index is 1.36. The number of hydrogen-bond donors (Lipinski definition) is 1. The molecule has 0 amide bonds. The average molecular weight is 558 g/mol. The summed E-state index contributed by atoms with van der Waals surface area (Å²) in [6, 6.07) is 22.8. The van der Waals surface area contributed by atoms with Crippen molar-refractivity contribution in [2.45, 2.75) is 12.8 Å². The highest BCUT2D eigenvalue weighted by atomic mass is 35.5. The van der Waals surface area contributed by atoms with Gasteiger partial charge in [0.1, 0.15) is 12.1 Å². The van der Waals surface area contributed by atoms with Crippen molar-refractivity contribution in [3.05, 3.63) is 119 Å². The molecule has 1 unspecified atom stereocenters. The number of phenols is 1. The van der Waals surface area contributed by atoms with Gasteiger partial charge in [-0.05, 0) is 59.7 Å². The molecule has 0 spiro atoms. The molecule has 7 aromatic rings. The predicted octanol–water partition coefficient (Wildman–Crippen LogP) is 6.48. The van der Waals surface area contributed by atoms with Gasteiger partial charge < -0.3 is 9.84 Å². The topological polar surface area (TPSA) is 103 Å². The van der Waals surface area contributed by atoms with E-state index in [1.807, 2.05) is 79.9 Å². The second kappa shape index (κ2) is 8.87. The van der Waals surface area contributed by atoms with Gasteiger partial charge in [-0.15, -0.1) is 5.10 Å². The highest BCUT2D eigenvalue weighted by Crippen LogP contribution is 2.49. The lowest BCUT2D eigenvalue weighted by Gasteiger charge is -2.26. The molecule has 1 N–H and O–H groups in total.